The predicted molar refractivity (Wildman–Crippen MR) is 76.5 cm³/mol. The highest BCUT2D eigenvalue weighted by molar-refractivity contribution is 7.92. The molecule has 1 aromatic carbocycles. The second-order valence-corrected chi connectivity index (χ2v) is 6.21. The summed E-state index contributed by atoms with van der Waals surface area (Å²) in [4.78, 5) is 14.0. The zero-order valence-corrected chi connectivity index (χ0v) is 11.6. The van der Waals surface area contributed by atoms with Crippen LogP contribution in [0.25, 0.3) is 10.9 Å². The second-order valence-electron chi connectivity index (χ2n) is 4.46. The van der Waals surface area contributed by atoms with E-state index in [4.69, 9.17) is 10.8 Å². The summed E-state index contributed by atoms with van der Waals surface area (Å²) in [7, 11) is -3.38. The molecule has 2 aromatic rings. The molecule has 0 aliphatic rings. The van der Waals surface area contributed by atoms with Gasteiger partial charge in [0, 0.05) is 16.6 Å². The average molecular weight is 297 g/mol. The van der Waals surface area contributed by atoms with Crippen molar-refractivity contribution in [3.8, 4) is 0 Å². The molecule has 108 valence electrons. The fourth-order valence-corrected chi connectivity index (χ4v) is 2.67. The number of aromatic amines is 1. The first-order chi connectivity index (χ1) is 9.31. The van der Waals surface area contributed by atoms with Gasteiger partial charge < -0.3 is 15.8 Å². The first-order valence-corrected chi connectivity index (χ1v) is 7.76. The van der Waals surface area contributed by atoms with Gasteiger partial charge in [-0.05, 0) is 36.7 Å². The van der Waals surface area contributed by atoms with Gasteiger partial charge in [0.05, 0.1) is 6.26 Å². The Morgan fingerprint density at radius 1 is 1.45 bits per heavy atom. The molecular formula is C12H15N3O4S. The van der Waals surface area contributed by atoms with E-state index in [9.17, 15) is 13.2 Å². The second kappa shape index (κ2) is 5.14. The lowest BCUT2D eigenvalue weighted by molar-refractivity contribution is 0.0690. The molecule has 2 rings (SSSR count). The number of aromatic nitrogens is 1. The Morgan fingerprint density at radius 2 is 2.15 bits per heavy atom. The largest absolute Gasteiger partial charge is 0.477 e. The molecule has 0 radical (unpaired) electrons. The third kappa shape index (κ3) is 2.91. The maximum atomic E-state index is 11.2. The van der Waals surface area contributed by atoms with Crippen molar-refractivity contribution in [3.05, 3.63) is 29.5 Å². The molecule has 0 spiro atoms. The van der Waals surface area contributed by atoms with Crippen molar-refractivity contribution in [2.75, 3.05) is 17.5 Å². The lowest BCUT2D eigenvalue weighted by atomic mass is 10.1. The number of nitrogens with two attached hydrogens (primary N) is 1. The molecule has 0 atom stereocenters. The minimum absolute atomic E-state index is 0.0851. The van der Waals surface area contributed by atoms with Crippen LogP contribution < -0.4 is 10.5 Å². The molecule has 0 bridgehead atoms. The van der Waals surface area contributed by atoms with Crippen molar-refractivity contribution in [3.63, 3.8) is 0 Å². The molecular weight excluding hydrogens is 282 g/mol. The molecule has 1 heterocycles. The van der Waals surface area contributed by atoms with Gasteiger partial charge >= 0.3 is 5.97 Å². The fourth-order valence-electron chi connectivity index (χ4n) is 2.11. The van der Waals surface area contributed by atoms with Gasteiger partial charge in [-0.15, -0.1) is 0 Å². The number of rotatable bonds is 5. The van der Waals surface area contributed by atoms with Crippen LogP contribution in [0.15, 0.2) is 18.2 Å². The number of nitrogens with one attached hydrogen (secondary N) is 2. The number of fused-ring (bicyclic) bond motifs is 1. The summed E-state index contributed by atoms with van der Waals surface area (Å²) in [6, 6.07) is 4.80. The molecule has 0 saturated carbocycles. The van der Waals surface area contributed by atoms with Crippen LogP contribution in [0.5, 0.6) is 0 Å². The Kier molecular flexibility index (Phi) is 3.69. The van der Waals surface area contributed by atoms with Crippen molar-refractivity contribution in [2.45, 2.75) is 6.42 Å². The summed E-state index contributed by atoms with van der Waals surface area (Å²) >= 11 is 0. The first-order valence-electron chi connectivity index (χ1n) is 5.87. The molecule has 1 aromatic heterocycles. The topological polar surface area (TPSA) is 125 Å². The van der Waals surface area contributed by atoms with Crippen LogP contribution in [0.3, 0.4) is 0 Å². The Hall–Kier alpha value is -2.06. The molecule has 8 heteroatoms. The minimum atomic E-state index is -3.38. The van der Waals surface area contributed by atoms with E-state index in [1.54, 1.807) is 18.2 Å². The van der Waals surface area contributed by atoms with E-state index in [2.05, 4.69) is 9.71 Å². The Morgan fingerprint density at radius 3 is 2.70 bits per heavy atom. The Labute approximate surface area is 115 Å². The number of carboxylic acids is 1. The van der Waals surface area contributed by atoms with Crippen molar-refractivity contribution in [1.82, 2.24) is 4.98 Å². The molecule has 5 N–H and O–H groups in total. The van der Waals surface area contributed by atoms with E-state index < -0.39 is 16.0 Å². The summed E-state index contributed by atoms with van der Waals surface area (Å²) in [5.74, 6) is -1.07. The number of sulfonamides is 1. The van der Waals surface area contributed by atoms with Crippen LogP contribution in [-0.4, -0.2) is 37.3 Å². The number of H-pyrrole nitrogens is 1. The number of hydrogen-bond acceptors (Lipinski definition) is 4. The number of carboxylic acid groups (broad SMARTS) is 1. The van der Waals surface area contributed by atoms with Gasteiger partial charge in [0.15, 0.2) is 0 Å². The van der Waals surface area contributed by atoms with Crippen molar-refractivity contribution in [1.29, 1.82) is 0 Å². The van der Waals surface area contributed by atoms with Gasteiger partial charge in [-0.2, -0.15) is 0 Å². The molecule has 0 aliphatic carbocycles. The zero-order valence-electron chi connectivity index (χ0n) is 10.8. The molecule has 20 heavy (non-hydrogen) atoms. The van der Waals surface area contributed by atoms with Crippen LogP contribution >= 0.6 is 0 Å². The van der Waals surface area contributed by atoms with E-state index in [1.165, 1.54) is 0 Å². The van der Waals surface area contributed by atoms with Crippen LogP contribution in [0, 0.1) is 0 Å². The van der Waals surface area contributed by atoms with Gasteiger partial charge in [-0.1, -0.05) is 0 Å². The monoisotopic (exact) mass is 297 g/mol. The third-order valence-corrected chi connectivity index (χ3v) is 3.42. The number of hydrogen-bond donors (Lipinski definition) is 4. The summed E-state index contributed by atoms with van der Waals surface area (Å²) in [5, 5.41) is 9.82. The van der Waals surface area contributed by atoms with Crippen molar-refractivity contribution >= 4 is 32.6 Å². The fraction of sp³-hybridized carbons (Fsp3) is 0.250. The average Bonchev–Trinajstić information content (AvgIpc) is 2.66. The van der Waals surface area contributed by atoms with Gasteiger partial charge in [-0.3, -0.25) is 4.72 Å². The molecule has 7 nitrogen and oxygen atoms in total. The van der Waals surface area contributed by atoms with E-state index >= 15 is 0 Å². The van der Waals surface area contributed by atoms with Crippen LogP contribution in [0.1, 0.15) is 16.1 Å². The summed E-state index contributed by atoms with van der Waals surface area (Å²) < 4.78 is 24.8. The highest BCUT2D eigenvalue weighted by atomic mass is 32.2. The van der Waals surface area contributed by atoms with Crippen LogP contribution in [0.4, 0.5) is 5.69 Å². The zero-order chi connectivity index (χ0) is 14.9. The quantitative estimate of drug-likeness (QED) is 0.647. The van der Waals surface area contributed by atoms with Gasteiger partial charge in [0.2, 0.25) is 10.0 Å². The van der Waals surface area contributed by atoms with Gasteiger partial charge in [0.1, 0.15) is 5.69 Å². The minimum Gasteiger partial charge on any atom is -0.477 e. The number of carbonyl (C=O) groups is 1. The normalized spacial score (nSPS) is 11.7. The maximum Gasteiger partial charge on any atom is 0.352 e. The Balaban J connectivity index is 2.60. The molecule has 0 aliphatic heterocycles. The van der Waals surface area contributed by atoms with Crippen LogP contribution in [-0.2, 0) is 16.4 Å². The van der Waals surface area contributed by atoms with Gasteiger partial charge in [0.25, 0.3) is 0 Å². The highest BCUT2D eigenvalue weighted by Crippen LogP contribution is 2.26. The lowest BCUT2D eigenvalue weighted by Gasteiger charge is -2.04. The number of aromatic carboxylic acids is 1. The SMILES string of the molecule is CS(=O)(=O)Nc1ccc2[nH]c(C(=O)O)c(CCN)c2c1. The van der Waals surface area contributed by atoms with E-state index in [0.717, 1.165) is 6.26 Å². The third-order valence-electron chi connectivity index (χ3n) is 2.82. The lowest BCUT2D eigenvalue weighted by Crippen LogP contribution is -2.09. The number of anilines is 1. The van der Waals surface area contributed by atoms with Crippen molar-refractivity contribution < 1.29 is 18.3 Å². The predicted octanol–water partition coefficient (Wildman–Crippen LogP) is 0.739. The van der Waals surface area contributed by atoms with E-state index in [1.807, 2.05) is 0 Å². The van der Waals surface area contributed by atoms with E-state index in [-0.39, 0.29) is 5.69 Å². The van der Waals surface area contributed by atoms with Crippen LogP contribution in [0.2, 0.25) is 0 Å². The molecule has 0 fully saturated rings. The van der Waals surface area contributed by atoms with Gasteiger partial charge in [-0.25, -0.2) is 13.2 Å². The highest BCUT2D eigenvalue weighted by Gasteiger charge is 2.17. The van der Waals surface area contributed by atoms with Crippen molar-refractivity contribution in [2.24, 2.45) is 5.73 Å². The number of benzene rings is 1. The molecule has 0 saturated heterocycles. The Bertz CT molecular complexity index is 764. The summed E-state index contributed by atoms with van der Waals surface area (Å²) in [6.07, 6.45) is 1.45. The summed E-state index contributed by atoms with van der Waals surface area (Å²) in [5.41, 5.74) is 7.18. The molecule has 0 unspecified atom stereocenters. The molecule has 0 amide bonds. The standard InChI is InChI=1S/C12H15N3O4S/c1-20(18,19)15-7-2-3-10-9(6-7)8(4-5-13)11(14-10)12(16)17/h2-3,6,14-15H,4-5,13H2,1H3,(H,16,17). The van der Waals surface area contributed by atoms with E-state index in [0.29, 0.717) is 35.1 Å². The first kappa shape index (κ1) is 14.4. The summed E-state index contributed by atoms with van der Waals surface area (Å²) in [6.45, 7) is 0.303. The smallest absolute Gasteiger partial charge is 0.352 e. The maximum absolute atomic E-state index is 11.2.